The maximum atomic E-state index is 12.1. The van der Waals surface area contributed by atoms with Gasteiger partial charge in [-0.25, -0.2) is 12.7 Å². The van der Waals surface area contributed by atoms with E-state index in [1.165, 1.54) is 12.1 Å². The average Bonchev–Trinajstić information content (AvgIpc) is 2.79. The zero-order valence-corrected chi connectivity index (χ0v) is 14.6. The lowest BCUT2D eigenvalue weighted by Gasteiger charge is -2.15. The van der Waals surface area contributed by atoms with Crippen molar-refractivity contribution in [2.45, 2.75) is 32.8 Å². The number of nitrogens with one attached hydrogen (secondary N) is 1. The van der Waals surface area contributed by atoms with Gasteiger partial charge in [0, 0.05) is 25.1 Å². The molecule has 1 aliphatic rings. The zero-order chi connectivity index (χ0) is 17.7. The van der Waals surface area contributed by atoms with Crippen LogP contribution in [0.3, 0.4) is 0 Å². The molecule has 8 heteroatoms. The molecule has 0 aromatic heterocycles. The molecule has 1 aromatic rings. The summed E-state index contributed by atoms with van der Waals surface area (Å²) in [6, 6.07) is 6.07. The predicted octanol–water partition coefficient (Wildman–Crippen LogP) is 1.30. The van der Waals surface area contributed by atoms with Crippen molar-refractivity contribution in [3.8, 4) is 0 Å². The van der Waals surface area contributed by atoms with Crippen LogP contribution >= 0.6 is 0 Å². The first kappa shape index (κ1) is 18.4. The van der Waals surface area contributed by atoms with Crippen LogP contribution in [-0.4, -0.2) is 45.2 Å². The number of hydrogen-bond donors (Lipinski definition) is 1. The van der Waals surface area contributed by atoms with Gasteiger partial charge in [-0.1, -0.05) is 6.07 Å². The summed E-state index contributed by atoms with van der Waals surface area (Å²) in [5.41, 5.74) is 0.514. The van der Waals surface area contributed by atoms with Gasteiger partial charge in [0.05, 0.1) is 17.5 Å². The van der Waals surface area contributed by atoms with Gasteiger partial charge in [-0.05, 0) is 38.5 Å². The Balaban J connectivity index is 2.00. The monoisotopic (exact) mass is 354 g/mol. The highest BCUT2D eigenvalue weighted by atomic mass is 32.2. The first-order valence-electron chi connectivity index (χ1n) is 7.87. The lowest BCUT2D eigenvalue weighted by molar-refractivity contribution is -0.116. The van der Waals surface area contributed by atoms with Crippen LogP contribution in [0.2, 0.25) is 0 Å². The third-order valence-electron chi connectivity index (χ3n) is 3.48. The van der Waals surface area contributed by atoms with Gasteiger partial charge in [0.2, 0.25) is 15.9 Å². The van der Waals surface area contributed by atoms with Crippen LogP contribution in [0.1, 0.15) is 37.0 Å². The third kappa shape index (κ3) is 4.55. The van der Waals surface area contributed by atoms with Gasteiger partial charge in [0.15, 0.2) is 0 Å². The lowest BCUT2D eigenvalue weighted by Crippen LogP contribution is -2.30. The number of carbonyl (C=O) groups is 2. The number of sulfonamides is 1. The molecule has 2 rings (SSSR count). The molecule has 0 unspecified atom stereocenters. The van der Waals surface area contributed by atoms with Gasteiger partial charge < -0.3 is 10.1 Å². The molecule has 1 fully saturated rings. The number of benzene rings is 1. The van der Waals surface area contributed by atoms with Crippen molar-refractivity contribution >= 4 is 27.5 Å². The third-order valence-corrected chi connectivity index (χ3v) is 5.17. The number of carbonyl (C=O) groups excluding carboxylic acids is 2. The van der Waals surface area contributed by atoms with E-state index in [9.17, 15) is 18.0 Å². The molecule has 1 saturated heterocycles. The van der Waals surface area contributed by atoms with Crippen LogP contribution in [0.4, 0.5) is 5.69 Å². The van der Waals surface area contributed by atoms with Crippen molar-refractivity contribution in [2.75, 3.05) is 23.2 Å². The molecule has 2 amide bonds. The molecule has 132 valence electrons. The summed E-state index contributed by atoms with van der Waals surface area (Å²) < 4.78 is 30.1. The van der Waals surface area contributed by atoms with E-state index in [1.54, 1.807) is 12.1 Å². The van der Waals surface area contributed by atoms with E-state index in [2.05, 4.69) is 5.32 Å². The minimum atomic E-state index is -3.63. The second kappa shape index (κ2) is 7.76. The number of nitrogens with zero attached hydrogens (tertiary/aromatic N) is 1. The van der Waals surface area contributed by atoms with Crippen LogP contribution in [0.15, 0.2) is 24.3 Å². The Hall–Kier alpha value is -1.93. The van der Waals surface area contributed by atoms with Crippen molar-refractivity contribution in [1.29, 1.82) is 0 Å². The Kier molecular flexibility index (Phi) is 5.95. The molecule has 1 N–H and O–H groups in total. The molecule has 1 aromatic carbocycles. The molecule has 0 bridgehead atoms. The fourth-order valence-electron chi connectivity index (χ4n) is 2.34. The Labute approximate surface area is 142 Å². The topological polar surface area (TPSA) is 92.8 Å². The number of rotatable bonds is 7. The number of anilines is 1. The van der Waals surface area contributed by atoms with Gasteiger partial charge in [0.25, 0.3) is 5.91 Å². The highest BCUT2D eigenvalue weighted by Crippen LogP contribution is 2.25. The lowest BCUT2D eigenvalue weighted by atomic mass is 10.2. The summed E-state index contributed by atoms with van der Waals surface area (Å²) in [4.78, 5) is 23.9. The largest absolute Gasteiger partial charge is 0.379 e. The SMILES string of the molecule is CC(C)OCCCNC(=O)c1cccc(N2C(=O)CCS2(=O)=O)c1. The predicted molar refractivity (Wildman–Crippen MR) is 90.4 cm³/mol. The fraction of sp³-hybridized carbons (Fsp3) is 0.500. The second-order valence-electron chi connectivity index (χ2n) is 5.80. The van der Waals surface area contributed by atoms with E-state index < -0.39 is 15.9 Å². The van der Waals surface area contributed by atoms with Crippen molar-refractivity contribution in [3.05, 3.63) is 29.8 Å². The van der Waals surface area contributed by atoms with Gasteiger partial charge in [-0.3, -0.25) is 9.59 Å². The minimum absolute atomic E-state index is 0.0331. The van der Waals surface area contributed by atoms with E-state index in [0.29, 0.717) is 25.1 Å². The quantitative estimate of drug-likeness (QED) is 0.745. The maximum absolute atomic E-state index is 12.1. The van der Waals surface area contributed by atoms with Crippen LogP contribution in [0, 0.1) is 0 Å². The smallest absolute Gasteiger partial charge is 0.251 e. The summed E-state index contributed by atoms with van der Waals surface area (Å²) in [7, 11) is -3.63. The summed E-state index contributed by atoms with van der Waals surface area (Å²) in [6.45, 7) is 4.89. The van der Waals surface area contributed by atoms with Gasteiger partial charge in [0.1, 0.15) is 0 Å². The fourth-order valence-corrected chi connectivity index (χ4v) is 3.79. The van der Waals surface area contributed by atoms with E-state index >= 15 is 0 Å². The Morgan fingerprint density at radius 2 is 2.12 bits per heavy atom. The van der Waals surface area contributed by atoms with Gasteiger partial charge in [-0.15, -0.1) is 0 Å². The van der Waals surface area contributed by atoms with Crippen molar-refractivity contribution in [3.63, 3.8) is 0 Å². The summed E-state index contributed by atoms with van der Waals surface area (Å²) >= 11 is 0. The number of hydrogen-bond acceptors (Lipinski definition) is 5. The molecule has 7 nitrogen and oxygen atoms in total. The summed E-state index contributed by atoms with van der Waals surface area (Å²) in [5.74, 6) is -0.984. The molecule has 0 atom stereocenters. The molecule has 24 heavy (non-hydrogen) atoms. The Morgan fingerprint density at radius 1 is 1.38 bits per heavy atom. The number of ether oxygens (including phenoxy) is 1. The van der Waals surface area contributed by atoms with Crippen LogP contribution in [0.5, 0.6) is 0 Å². The molecule has 1 aliphatic heterocycles. The van der Waals surface area contributed by atoms with Crippen molar-refractivity contribution in [2.24, 2.45) is 0 Å². The van der Waals surface area contributed by atoms with Crippen LogP contribution < -0.4 is 9.62 Å². The highest BCUT2D eigenvalue weighted by Gasteiger charge is 2.36. The summed E-state index contributed by atoms with van der Waals surface area (Å²) in [6.07, 6.45) is 0.800. The van der Waals surface area contributed by atoms with Crippen molar-refractivity contribution < 1.29 is 22.7 Å². The van der Waals surface area contributed by atoms with E-state index in [1.807, 2.05) is 13.8 Å². The Morgan fingerprint density at radius 3 is 2.75 bits per heavy atom. The number of amides is 2. The summed E-state index contributed by atoms with van der Waals surface area (Å²) in [5, 5.41) is 2.75. The van der Waals surface area contributed by atoms with Crippen LogP contribution in [-0.2, 0) is 19.6 Å². The second-order valence-corrected chi connectivity index (χ2v) is 7.74. The Bertz CT molecular complexity index is 715. The van der Waals surface area contributed by atoms with E-state index in [-0.39, 0.29) is 29.9 Å². The van der Waals surface area contributed by atoms with Crippen molar-refractivity contribution in [1.82, 2.24) is 5.32 Å². The minimum Gasteiger partial charge on any atom is -0.379 e. The average molecular weight is 354 g/mol. The normalized spacial score (nSPS) is 16.6. The molecule has 0 aliphatic carbocycles. The molecule has 0 spiro atoms. The first-order valence-corrected chi connectivity index (χ1v) is 9.48. The standard InChI is InChI=1S/C16H22N2O5S/c1-12(2)23-9-4-8-17-16(20)13-5-3-6-14(11-13)18-15(19)7-10-24(18,21)22/h3,5-6,11-12H,4,7-10H2,1-2H3,(H,17,20). The molecular weight excluding hydrogens is 332 g/mol. The molecule has 0 saturated carbocycles. The molecule has 0 radical (unpaired) electrons. The van der Waals surface area contributed by atoms with Gasteiger partial charge >= 0.3 is 0 Å². The molecular formula is C16H22N2O5S. The van der Waals surface area contributed by atoms with Crippen LogP contribution in [0.25, 0.3) is 0 Å². The van der Waals surface area contributed by atoms with Gasteiger partial charge in [-0.2, -0.15) is 0 Å². The highest BCUT2D eigenvalue weighted by molar-refractivity contribution is 7.94. The van der Waals surface area contributed by atoms with E-state index in [0.717, 1.165) is 4.31 Å². The maximum Gasteiger partial charge on any atom is 0.251 e. The van der Waals surface area contributed by atoms with E-state index in [4.69, 9.17) is 4.74 Å². The zero-order valence-electron chi connectivity index (χ0n) is 13.8. The molecule has 1 heterocycles. The first-order chi connectivity index (χ1) is 11.3.